The van der Waals surface area contributed by atoms with Crippen molar-refractivity contribution in [3.05, 3.63) is 128 Å². The average Bonchev–Trinajstić information content (AvgIpc) is 3.36. The van der Waals surface area contributed by atoms with Gasteiger partial charge >= 0.3 is 5.69 Å². The molecule has 3 N–H and O–H groups in total. The van der Waals surface area contributed by atoms with E-state index in [4.69, 9.17) is 23.7 Å². The predicted molar refractivity (Wildman–Crippen MR) is 166 cm³/mol. The van der Waals surface area contributed by atoms with Gasteiger partial charge < -0.3 is 33.9 Å². The van der Waals surface area contributed by atoms with Gasteiger partial charge in [-0.25, -0.2) is 4.79 Å². The highest BCUT2D eigenvalue weighted by atomic mass is 16.6. The minimum atomic E-state index is -1.50. The van der Waals surface area contributed by atoms with E-state index in [1.807, 2.05) is 78.9 Å². The van der Waals surface area contributed by atoms with Gasteiger partial charge in [0, 0.05) is 25.5 Å². The second-order valence-corrected chi connectivity index (χ2v) is 10.9. The summed E-state index contributed by atoms with van der Waals surface area (Å²) in [5.41, 5.74) is -0.00750. The molecule has 1 fully saturated rings. The summed E-state index contributed by atoms with van der Waals surface area (Å²) in [6.07, 6.45) is -4.64. The van der Waals surface area contributed by atoms with Crippen molar-refractivity contribution in [3.8, 4) is 11.5 Å². The maximum absolute atomic E-state index is 12.7. The summed E-state index contributed by atoms with van der Waals surface area (Å²) in [5, 5.41) is 22.6. The van der Waals surface area contributed by atoms with Crippen molar-refractivity contribution in [1.29, 1.82) is 0 Å². The highest BCUT2D eigenvalue weighted by Gasteiger charge is 2.51. The lowest BCUT2D eigenvalue weighted by Gasteiger charge is -2.41. The molecule has 238 valence electrons. The average molecular weight is 619 g/mol. The summed E-state index contributed by atoms with van der Waals surface area (Å²) in [6, 6.07) is 24.7. The standard InChI is InChI=1S/C34H38N2O9/c1-21-20-36(33(40)35-31(21)39)32-29(38)28(37)30(44-32)27(18-19-41-2)45-34(22-8-6-5-7-9-22,23-10-14-25(42-3)15-11-23)24-12-16-26(43-4)17-13-24/h5-17,20,27-30,32,37-38H,18-19H2,1-4H3,(H,35,39,40)/t27?,28-,29+,30+,32+/m0/s1. The number of rotatable bonds is 12. The van der Waals surface area contributed by atoms with E-state index >= 15 is 0 Å². The highest BCUT2D eigenvalue weighted by molar-refractivity contribution is 5.50. The van der Waals surface area contributed by atoms with Crippen molar-refractivity contribution >= 4 is 0 Å². The van der Waals surface area contributed by atoms with Gasteiger partial charge in [0.15, 0.2) is 6.23 Å². The fourth-order valence-corrected chi connectivity index (χ4v) is 5.78. The van der Waals surface area contributed by atoms with Crippen LogP contribution >= 0.6 is 0 Å². The first-order valence-corrected chi connectivity index (χ1v) is 14.6. The normalized spacial score (nSPS) is 20.6. The van der Waals surface area contributed by atoms with E-state index in [0.717, 1.165) is 21.3 Å². The molecular formula is C34H38N2O9. The molecule has 1 saturated heterocycles. The molecule has 0 radical (unpaired) electrons. The fourth-order valence-electron chi connectivity index (χ4n) is 5.78. The molecule has 1 unspecified atom stereocenters. The predicted octanol–water partition coefficient (Wildman–Crippen LogP) is 2.90. The molecule has 4 aromatic rings. The Labute approximate surface area is 260 Å². The largest absolute Gasteiger partial charge is 0.497 e. The van der Waals surface area contributed by atoms with E-state index in [9.17, 15) is 19.8 Å². The third kappa shape index (κ3) is 6.31. The number of H-pyrrole nitrogens is 1. The van der Waals surface area contributed by atoms with Crippen molar-refractivity contribution in [2.45, 2.75) is 49.6 Å². The summed E-state index contributed by atoms with van der Waals surface area (Å²) < 4.78 is 30.9. The number of nitrogens with one attached hydrogen (secondary N) is 1. The Hall–Kier alpha value is -4.26. The number of hydrogen-bond donors (Lipinski definition) is 3. The fraction of sp³-hybridized carbons (Fsp3) is 0.353. The molecule has 5 atom stereocenters. The van der Waals surface area contributed by atoms with Crippen LogP contribution in [-0.4, -0.2) is 72.1 Å². The number of methoxy groups -OCH3 is 3. The van der Waals surface area contributed by atoms with E-state index in [2.05, 4.69) is 4.98 Å². The molecule has 0 spiro atoms. The smallest absolute Gasteiger partial charge is 0.330 e. The molecule has 1 aliphatic rings. The van der Waals surface area contributed by atoms with E-state index in [-0.39, 0.29) is 18.6 Å². The summed E-state index contributed by atoms with van der Waals surface area (Å²) in [4.78, 5) is 27.0. The Kier molecular flexibility index (Phi) is 9.86. The minimum Gasteiger partial charge on any atom is -0.497 e. The quantitative estimate of drug-likeness (QED) is 0.204. The van der Waals surface area contributed by atoms with Crippen molar-refractivity contribution in [3.63, 3.8) is 0 Å². The zero-order valence-corrected chi connectivity index (χ0v) is 25.6. The first-order valence-electron chi connectivity index (χ1n) is 14.6. The molecule has 3 aromatic carbocycles. The van der Waals surface area contributed by atoms with Gasteiger partial charge in [-0.05, 0) is 54.3 Å². The first kappa shape index (κ1) is 32.1. The highest BCUT2D eigenvalue weighted by Crippen LogP contribution is 2.45. The molecule has 5 rings (SSSR count). The second kappa shape index (κ2) is 13.8. The number of ether oxygens (including phenoxy) is 5. The van der Waals surface area contributed by atoms with Crippen LogP contribution in [0.5, 0.6) is 11.5 Å². The second-order valence-electron chi connectivity index (χ2n) is 10.9. The number of nitrogens with zero attached hydrogens (tertiary/aromatic N) is 1. The van der Waals surface area contributed by atoms with Gasteiger partial charge in [-0.15, -0.1) is 0 Å². The van der Waals surface area contributed by atoms with Crippen LogP contribution < -0.4 is 20.7 Å². The van der Waals surface area contributed by atoms with Gasteiger partial charge in [-0.3, -0.25) is 14.3 Å². The molecular weight excluding hydrogens is 580 g/mol. The molecule has 1 aromatic heterocycles. The lowest BCUT2D eigenvalue weighted by molar-refractivity contribution is -0.150. The van der Waals surface area contributed by atoms with Crippen molar-refractivity contribution in [2.75, 3.05) is 27.9 Å². The van der Waals surface area contributed by atoms with Gasteiger partial charge in [0.25, 0.3) is 5.56 Å². The number of aryl methyl sites for hydroxylation is 1. The van der Waals surface area contributed by atoms with Crippen molar-refractivity contribution < 1.29 is 33.9 Å². The number of aromatic nitrogens is 2. The van der Waals surface area contributed by atoms with Crippen molar-refractivity contribution in [2.24, 2.45) is 0 Å². The molecule has 45 heavy (non-hydrogen) atoms. The number of hydrogen-bond acceptors (Lipinski definition) is 9. The summed E-state index contributed by atoms with van der Waals surface area (Å²) in [5.74, 6) is 1.32. The zero-order valence-electron chi connectivity index (χ0n) is 25.6. The van der Waals surface area contributed by atoms with Gasteiger partial charge in [0.2, 0.25) is 0 Å². The monoisotopic (exact) mass is 618 g/mol. The summed E-state index contributed by atoms with van der Waals surface area (Å²) >= 11 is 0. The third-order valence-corrected chi connectivity index (χ3v) is 8.17. The van der Waals surface area contributed by atoms with E-state index in [1.165, 1.54) is 13.1 Å². The first-order chi connectivity index (χ1) is 21.7. The Morgan fingerprint density at radius 2 is 1.40 bits per heavy atom. The lowest BCUT2D eigenvalue weighted by Crippen LogP contribution is -2.46. The van der Waals surface area contributed by atoms with E-state index in [0.29, 0.717) is 11.5 Å². The van der Waals surface area contributed by atoms with E-state index < -0.39 is 47.5 Å². The van der Waals surface area contributed by atoms with Crippen LogP contribution in [0.2, 0.25) is 0 Å². The van der Waals surface area contributed by atoms with E-state index in [1.54, 1.807) is 21.3 Å². The Bertz CT molecular complexity index is 1620. The summed E-state index contributed by atoms with van der Waals surface area (Å²) in [6.45, 7) is 1.78. The topological polar surface area (TPSA) is 141 Å². The van der Waals surface area contributed by atoms with Gasteiger partial charge in [-0.1, -0.05) is 54.6 Å². The molecule has 0 aliphatic carbocycles. The lowest BCUT2D eigenvalue weighted by atomic mass is 9.79. The number of benzene rings is 3. The number of aliphatic hydroxyl groups is 2. The number of aliphatic hydroxyl groups excluding tert-OH is 2. The zero-order chi connectivity index (χ0) is 32.1. The Morgan fingerprint density at radius 1 is 0.844 bits per heavy atom. The van der Waals surface area contributed by atoms with Crippen LogP contribution in [-0.2, 0) is 19.8 Å². The maximum atomic E-state index is 12.7. The molecule has 2 heterocycles. The van der Waals surface area contributed by atoms with Crippen LogP contribution in [0, 0.1) is 6.92 Å². The SMILES string of the molecule is COCCC(OC(c1ccccc1)(c1ccc(OC)cc1)c1ccc(OC)cc1)[C@H]1O[C@@H](n2cc(C)c(=O)[nH]c2=O)[C@H](O)[C@@H]1O. The molecule has 1 aliphatic heterocycles. The Balaban J connectivity index is 1.66. The van der Waals surface area contributed by atoms with Gasteiger partial charge in [-0.2, -0.15) is 0 Å². The molecule has 11 nitrogen and oxygen atoms in total. The van der Waals surface area contributed by atoms with Crippen LogP contribution in [0.1, 0.15) is 34.9 Å². The molecule has 11 heteroatoms. The number of aromatic amines is 1. The van der Waals surface area contributed by atoms with Crippen LogP contribution in [0.3, 0.4) is 0 Å². The third-order valence-electron chi connectivity index (χ3n) is 8.17. The molecule has 0 saturated carbocycles. The minimum absolute atomic E-state index is 0.242. The van der Waals surface area contributed by atoms with Crippen molar-refractivity contribution in [1.82, 2.24) is 9.55 Å². The van der Waals surface area contributed by atoms with Gasteiger partial charge in [0.1, 0.15) is 35.4 Å². The van der Waals surface area contributed by atoms with Crippen LogP contribution in [0.15, 0.2) is 94.6 Å². The molecule has 0 bridgehead atoms. The summed E-state index contributed by atoms with van der Waals surface area (Å²) in [7, 11) is 4.74. The maximum Gasteiger partial charge on any atom is 0.330 e. The van der Waals surface area contributed by atoms with Crippen LogP contribution in [0.4, 0.5) is 0 Å². The Morgan fingerprint density at radius 3 is 1.93 bits per heavy atom. The van der Waals surface area contributed by atoms with Crippen LogP contribution in [0.25, 0.3) is 0 Å². The van der Waals surface area contributed by atoms with Gasteiger partial charge in [0.05, 0.1) is 20.3 Å². The molecule has 0 amide bonds.